The maximum absolute atomic E-state index is 10.8. The van der Waals surface area contributed by atoms with Crippen LogP contribution in [0.15, 0.2) is 18.2 Å². The van der Waals surface area contributed by atoms with Crippen LogP contribution in [0.2, 0.25) is 0 Å². The summed E-state index contributed by atoms with van der Waals surface area (Å²) in [6.07, 6.45) is 13.2. The van der Waals surface area contributed by atoms with E-state index in [1.807, 2.05) is 6.07 Å². The highest BCUT2D eigenvalue weighted by molar-refractivity contribution is 5.41. The Bertz CT molecular complexity index is 535. The molecule has 2 atom stereocenters. The Kier molecular flexibility index (Phi) is 8.47. The molecule has 2 rings (SSSR count). The van der Waals surface area contributed by atoms with Crippen LogP contribution in [-0.2, 0) is 5.41 Å². The number of aliphatic hydroxyl groups excluding tert-OH is 1. The van der Waals surface area contributed by atoms with Gasteiger partial charge in [0.25, 0.3) is 0 Å². The van der Waals surface area contributed by atoms with Gasteiger partial charge in [0, 0.05) is 6.61 Å². The normalized spacial score (nSPS) is 21.1. The molecule has 1 aliphatic rings. The van der Waals surface area contributed by atoms with Crippen molar-refractivity contribution in [3.63, 3.8) is 0 Å². The number of benzene rings is 1. The zero-order chi connectivity index (χ0) is 19.0. The second kappa shape index (κ2) is 10.3. The molecule has 2 heteroatoms. The minimum atomic E-state index is 0.118. The Balaban J connectivity index is 2.09. The topological polar surface area (TPSA) is 40.5 Å². The molecule has 0 radical (unpaired) electrons. The van der Waals surface area contributed by atoms with Gasteiger partial charge in [0.2, 0.25) is 0 Å². The summed E-state index contributed by atoms with van der Waals surface area (Å²) in [7, 11) is 0. The lowest BCUT2D eigenvalue weighted by Crippen LogP contribution is -2.20. The summed E-state index contributed by atoms with van der Waals surface area (Å²) >= 11 is 0. The first-order valence-electron chi connectivity index (χ1n) is 10.9. The average Bonchev–Trinajstić information content (AvgIpc) is 2.64. The number of phenols is 1. The van der Waals surface area contributed by atoms with Crippen LogP contribution in [0.3, 0.4) is 0 Å². The molecular weight excluding hydrogens is 320 g/mol. The third-order valence-electron chi connectivity index (χ3n) is 6.51. The van der Waals surface area contributed by atoms with E-state index in [9.17, 15) is 10.2 Å². The van der Waals surface area contributed by atoms with E-state index in [0.29, 0.717) is 17.6 Å². The minimum Gasteiger partial charge on any atom is -0.508 e. The van der Waals surface area contributed by atoms with Crippen LogP contribution in [0.1, 0.15) is 108 Å². The van der Waals surface area contributed by atoms with Crippen LogP contribution in [0, 0.1) is 5.92 Å². The van der Waals surface area contributed by atoms with Gasteiger partial charge in [-0.2, -0.15) is 0 Å². The first-order chi connectivity index (χ1) is 12.5. The predicted octanol–water partition coefficient (Wildman–Crippen LogP) is 6.69. The molecule has 0 spiro atoms. The second-order valence-corrected chi connectivity index (χ2v) is 8.99. The first kappa shape index (κ1) is 21.3. The minimum absolute atomic E-state index is 0.118. The van der Waals surface area contributed by atoms with Crippen LogP contribution >= 0.6 is 0 Å². The molecule has 2 unspecified atom stereocenters. The molecule has 1 saturated carbocycles. The number of aliphatic hydroxyl groups is 1. The smallest absolute Gasteiger partial charge is 0.119 e. The van der Waals surface area contributed by atoms with E-state index < -0.39 is 0 Å². The largest absolute Gasteiger partial charge is 0.508 e. The monoisotopic (exact) mass is 360 g/mol. The van der Waals surface area contributed by atoms with Crippen LogP contribution in [0.4, 0.5) is 0 Å². The molecule has 0 heterocycles. The average molecular weight is 361 g/mol. The van der Waals surface area contributed by atoms with Crippen molar-refractivity contribution in [2.24, 2.45) is 5.92 Å². The van der Waals surface area contributed by atoms with E-state index in [1.54, 1.807) is 0 Å². The third kappa shape index (κ3) is 5.74. The molecule has 0 amide bonds. The van der Waals surface area contributed by atoms with E-state index in [4.69, 9.17) is 0 Å². The van der Waals surface area contributed by atoms with Crippen molar-refractivity contribution in [1.82, 2.24) is 0 Å². The van der Waals surface area contributed by atoms with Gasteiger partial charge < -0.3 is 10.2 Å². The molecule has 2 N–H and O–H groups in total. The fourth-order valence-corrected chi connectivity index (χ4v) is 4.73. The first-order valence-corrected chi connectivity index (χ1v) is 10.9. The van der Waals surface area contributed by atoms with E-state index >= 15 is 0 Å². The van der Waals surface area contributed by atoms with E-state index in [1.165, 1.54) is 63.4 Å². The Morgan fingerprint density at radius 3 is 2.50 bits per heavy atom. The summed E-state index contributed by atoms with van der Waals surface area (Å²) in [6.45, 7) is 7.14. The van der Waals surface area contributed by atoms with Gasteiger partial charge in [0.1, 0.15) is 5.75 Å². The molecule has 0 saturated heterocycles. The lowest BCUT2D eigenvalue weighted by Gasteiger charge is -2.33. The van der Waals surface area contributed by atoms with Crippen LogP contribution < -0.4 is 0 Å². The van der Waals surface area contributed by atoms with Gasteiger partial charge in [-0.1, -0.05) is 71.4 Å². The van der Waals surface area contributed by atoms with Gasteiger partial charge in [0.15, 0.2) is 0 Å². The Morgan fingerprint density at radius 1 is 1.04 bits per heavy atom. The predicted molar refractivity (Wildman–Crippen MR) is 111 cm³/mol. The fraction of sp³-hybridized carbons (Fsp3) is 0.750. The van der Waals surface area contributed by atoms with Gasteiger partial charge >= 0.3 is 0 Å². The van der Waals surface area contributed by atoms with Gasteiger partial charge in [0.05, 0.1) is 0 Å². The molecule has 148 valence electrons. The molecule has 0 aliphatic heterocycles. The zero-order valence-electron chi connectivity index (χ0n) is 17.3. The highest BCUT2D eigenvalue weighted by Crippen LogP contribution is 2.44. The van der Waals surface area contributed by atoms with Crippen molar-refractivity contribution in [3.05, 3.63) is 29.3 Å². The van der Waals surface area contributed by atoms with Crippen molar-refractivity contribution in [2.75, 3.05) is 6.61 Å². The maximum Gasteiger partial charge on any atom is 0.119 e. The lowest BCUT2D eigenvalue weighted by molar-refractivity contribution is 0.235. The SMILES string of the molecule is CCCCCCC(C)(C)c1ccc(C2CCCCC2CCCO)c(O)c1. The number of hydrogen-bond acceptors (Lipinski definition) is 2. The molecule has 1 fully saturated rings. The van der Waals surface area contributed by atoms with Gasteiger partial charge in [-0.25, -0.2) is 0 Å². The summed E-state index contributed by atoms with van der Waals surface area (Å²) < 4.78 is 0. The quantitative estimate of drug-likeness (QED) is 0.456. The van der Waals surface area contributed by atoms with E-state index in [2.05, 4.69) is 32.9 Å². The summed E-state index contributed by atoms with van der Waals surface area (Å²) in [5, 5.41) is 20.0. The molecule has 1 aromatic rings. The summed E-state index contributed by atoms with van der Waals surface area (Å²) in [5.74, 6) is 1.55. The second-order valence-electron chi connectivity index (χ2n) is 8.99. The molecule has 0 aromatic heterocycles. The van der Waals surface area contributed by atoms with E-state index in [-0.39, 0.29) is 12.0 Å². The maximum atomic E-state index is 10.8. The molecule has 1 aromatic carbocycles. The number of hydrogen-bond donors (Lipinski definition) is 2. The van der Waals surface area contributed by atoms with Crippen molar-refractivity contribution in [3.8, 4) is 5.75 Å². The lowest BCUT2D eigenvalue weighted by atomic mass is 9.72. The van der Waals surface area contributed by atoms with Crippen LogP contribution in [0.25, 0.3) is 0 Å². The summed E-state index contributed by atoms with van der Waals surface area (Å²) in [5.41, 5.74) is 2.52. The molecular formula is C24H40O2. The van der Waals surface area contributed by atoms with Crippen LogP contribution in [0.5, 0.6) is 5.75 Å². The molecule has 2 nitrogen and oxygen atoms in total. The Labute approximate surface area is 161 Å². The number of rotatable bonds is 10. The van der Waals surface area contributed by atoms with Crippen molar-refractivity contribution < 1.29 is 10.2 Å². The van der Waals surface area contributed by atoms with Crippen molar-refractivity contribution in [2.45, 2.75) is 103 Å². The van der Waals surface area contributed by atoms with Crippen LogP contribution in [-0.4, -0.2) is 16.8 Å². The Hall–Kier alpha value is -1.02. The molecule has 0 bridgehead atoms. The number of phenolic OH excluding ortho intramolecular Hbond substituents is 1. The van der Waals surface area contributed by atoms with E-state index in [0.717, 1.165) is 18.4 Å². The number of aromatic hydroxyl groups is 1. The van der Waals surface area contributed by atoms with Gasteiger partial charge in [-0.3, -0.25) is 0 Å². The highest BCUT2D eigenvalue weighted by atomic mass is 16.3. The Morgan fingerprint density at radius 2 is 1.81 bits per heavy atom. The highest BCUT2D eigenvalue weighted by Gasteiger charge is 2.29. The summed E-state index contributed by atoms with van der Waals surface area (Å²) in [6, 6.07) is 6.49. The standard InChI is InChI=1S/C24H40O2/c1-4-5-6-9-16-24(2,3)20-14-15-22(23(26)18-20)21-13-8-7-11-19(21)12-10-17-25/h14-15,18-19,21,25-26H,4-13,16-17H2,1-3H3. The summed E-state index contributed by atoms with van der Waals surface area (Å²) in [4.78, 5) is 0. The van der Waals surface area contributed by atoms with Crippen molar-refractivity contribution in [1.29, 1.82) is 0 Å². The van der Waals surface area contributed by atoms with Gasteiger partial charge in [-0.15, -0.1) is 0 Å². The number of unbranched alkanes of at least 4 members (excludes halogenated alkanes) is 3. The van der Waals surface area contributed by atoms with Crippen molar-refractivity contribution >= 4 is 0 Å². The molecule has 1 aliphatic carbocycles. The van der Waals surface area contributed by atoms with Gasteiger partial charge in [-0.05, 0) is 66.5 Å². The molecule has 26 heavy (non-hydrogen) atoms. The third-order valence-corrected chi connectivity index (χ3v) is 6.51. The zero-order valence-corrected chi connectivity index (χ0v) is 17.3. The fourth-order valence-electron chi connectivity index (χ4n) is 4.73.